The lowest BCUT2D eigenvalue weighted by Gasteiger charge is -2.33. The fourth-order valence-electron chi connectivity index (χ4n) is 3.89. The van der Waals surface area contributed by atoms with E-state index in [1.54, 1.807) is 4.68 Å². The summed E-state index contributed by atoms with van der Waals surface area (Å²) in [4.78, 5) is 16.7. The molecule has 5 nitrogen and oxygen atoms in total. The number of alkyl halides is 1. The summed E-state index contributed by atoms with van der Waals surface area (Å²) < 4.78 is 16.1. The Bertz CT molecular complexity index is 689. The summed E-state index contributed by atoms with van der Waals surface area (Å²) in [7, 11) is 0. The Kier molecular flexibility index (Phi) is 3.44. The fraction of sp³-hybridized carbons (Fsp3) is 0.588. The number of halogens is 1. The minimum Gasteiger partial charge on any atom is -0.307 e. The molecule has 4 rings (SSSR count). The second kappa shape index (κ2) is 5.37. The number of carbonyl (C=O) groups excluding carboxylic acids is 1. The largest absolute Gasteiger partial charge is 0.307 e. The highest BCUT2D eigenvalue weighted by Gasteiger charge is 2.44. The smallest absolute Gasteiger partial charge is 0.219 e. The van der Waals surface area contributed by atoms with E-state index < -0.39 is 6.17 Å². The number of nitrogens with zero attached hydrogens (tertiary/aromatic N) is 3. The Labute approximate surface area is 134 Å². The first-order valence-electron chi connectivity index (χ1n) is 8.31. The van der Waals surface area contributed by atoms with Crippen LogP contribution in [0, 0.1) is 5.41 Å². The van der Waals surface area contributed by atoms with Gasteiger partial charge >= 0.3 is 0 Å². The summed E-state index contributed by atoms with van der Waals surface area (Å²) in [5.74, 6) is 0.353. The van der Waals surface area contributed by atoms with Crippen LogP contribution < -0.4 is 5.32 Å². The first kappa shape index (κ1) is 14.8. The van der Waals surface area contributed by atoms with Crippen molar-refractivity contribution in [2.45, 2.75) is 50.9 Å². The zero-order chi connectivity index (χ0) is 16.0. The van der Waals surface area contributed by atoms with Gasteiger partial charge in [0.1, 0.15) is 0 Å². The number of ketones is 1. The van der Waals surface area contributed by atoms with E-state index in [0.717, 1.165) is 25.8 Å². The number of aromatic nitrogens is 3. The molecule has 3 aliphatic rings. The number of carbonyl (C=O) groups is 1. The molecule has 1 aliphatic carbocycles. The van der Waals surface area contributed by atoms with E-state index in [1.165, 1.54) is 0 Å². The lowest BCUT2D eigenvalue weighted by Crippen LogP contribution is -2.32. The quantitative estimate of drug-likeness (QED) is 0.871. The number of hydrogen-bond donors (Lipinski definition) is 1. The van der Waals surface area contributed by atoms with Gasteiger partial charge in [-0.3, -0.25) is 4.79 Å². The van der Waals surface area contributed by atoms with Gasteiger partial charge < -0.3 is 5.32 Å². The third-order valence-electron chi connectivity index (χ3n) is 5.30. The van der Waals surface area contributed by atoms with E-state index >= 15 is 0 Å². The number of hydrogen-bond acceptors (Lipinski definition) is 4. The molecule has 0 bridgehead atoms. The standard InChI is InChI=1S/C17H21FN4O/c1-17(7-3-2-4-8-17)13-10-11(18)16-20-15(21-22(13)16)14(23)12-6-5-9-19-12/h2-4,7,11-13,19H,5-6,8-10H2,1H3/t11-,12+,13-,17?/m0/s1. The van der Waals surface area contributed by atoms with Crippen molar-refractivity contribution in [1.29, 1.82) is 0 Å². The molecule has 1 aromatic rings. The van der Waals surface area contributed by atoms with Crippen LogP contribution in [-0.2, 0) is 0 Å². The van der Waals surface area contributed by atoms with Crippen LogP contribution in [0.25, 0.3) is 0 Å². The van der Waals surface area contributed by atoms with Crippen LogP contribution >= 0.6 is 0 Å². The second-order valence-corrected chi connectivity index (χ2v) is 6.97. The van der Waals surface area contributed by atoms with Crippen molar-refractivity contribution in [1.82, 2.24) is 20.1 Å². The van der Waals surface area contributed by atoms with Crippen molar-refractivity contribution in [3.63, 3.8) is 0 Å². The SMILES string of the molecule is CC1([C@@H]2C[C@H](F)c3nc(C(=O)[C@H]4CCCN4)nn32)C=CC=CC1. The molecule has 6 heteroatoms. The second-order valence-electron chi connectivity index (χ2n) is 6.97. The first-order valence-corrected chi connectivity index (χ1v) is 8.31. The molecule has 0 saturated carbocycles. The Balaban J connectivity index is 1.65. The minimum absolute atomic E-state index is 0.0979. The highest BCUT2D eigenvalue weighted by Crippen LogP contribution is 2.48. The Hall–Kier alpha value is -1.82. The number of fused-ring (bicyclic) bond motifs is 1. The molecular formula is C17H21FN4O. The van der Waals surface area contributed by atoms with Gasteiger partial charge in [-0.05, 0) is 25.8 Å². The predicted octanol–water partition coefficient (Wildman–Crippen LogP) is 2.69. The Morgan fingerprint density at radius 3 is 3.04 bits per heavy atom. The summed E-state index contributed by atoms with van der Waals surface area (Å²) in [6.45, 7) is 2.95. The zero-order valence-corrected chi connectivity index (χ0v) is 13.2. The molecule has 1 fully saturated rings. The summed E-state index contributed by atoms with van der Waals surface area (Å²) in [6.07, 6.45) is 10.1. The third kappa shape index (κ3) is 2.36. The Morgan fingerprint density at radius 1 is 1.48 bits per heavy atom. The van der Waals surface area contributed by atoms with Gasteiger partial charge in [-0.15, -0.1) is 5.10 Å². The molecule has 23 heavy (non-hydrogen) atoms. The number of Topliss-reactive ketones (excluding diaryl/α,β-unsaturated/α-hetero) is 1. The molecule has 0 radical (unpaired) electrons. The molecule has 0 spiro atoms. The van der Waals surface area contributed by atoms with Gasteiger partial charge in [-0.1, -0.05) is 31.2 Å². The molecule has 1 aromatic heterocycles. The van der Waals surface area contributed by atoms with Crippen LogP contribution in [0.3, 0.4) is 0 Å². The van der Waals surface area contributed by atoms with Crippen molar-refractivity contribution in [3.8, 4) is 0 Å². The minimum atomic E-state index is -1.15. The molecule has 0 aromatic carbocycles. The monoisotopic (exact) mass is 316 g/mol. The zero-order valence-electron chi connectivity index (χ0n) is 13.2. The van der Waals surface area contributed by atoms with Crippen LogP contribution in [0.1, 0.15) is 61.3 Å². The van der Waals surface area contributed by atoms with Gasteiger partial charge in [-0.2, -0.15) is 0 Å². The first-order chi connectivity index (χ1) is 11.1. The van der Waals surface area contributed by atoms with E-state index in [4.69, 9.17) is 0 Å². The van der Waals surface area contributed by atoms with Crippen molar-refractivity contribution in [2.24, 2.45) is 5.41 Å². The fourth-order valence-corrected chi connectivity index (χ4v) is 3.89. The lowest BCUT2D eigenvalue weighted by molar-refractivity contribution is 0.0939. The maximum atomic E-state index is 14.5. The van der Waals surface area contributed by atoms with Crippen LogP contribution in [-0.4, -0.2) is 33.1 Å². The van der Waals surface area contributed by atoms with Crippen LogP contribution in [0.2, 0.25) is 0 Å². The van der Waals surface area contributed by atoms with Crippen molar-refractivity contribution in [3.05, 3.63) is 36.0 Å². The maximum Gasteiger partial charge on any atom is 0.219 e. The van der Waals surface area contributed by atoms with Gasteiger partial charge in [0.05, 0.1) is 12.1 Å². The summed E-state index contributed by atoms with van der Waals surface area (Å²) >= 11 is 0. The third-order valence-corrected chi connectivity index (χ3v) is 5.30. The van der Waals surface area contributed by atoms with Gasteiger partial charge in [0.15, 0.2) is 12.0 Å². The predicted molar refractivity (Wildman–Crippen MR) is 83.9 cm³/mol. The highest BCUT2D eigenvalue weighted by molar-refractivity contribution is 5.97. The summed E-state index contributed by atoms with van der Waals surface area (Å²) in [6, 6.07) is -0.318. The average molecular weight is 316 g/mol. The van der Waals surface area contributed by atoms with E-state index in [9.17, 15) is 9.18 Å². The molecule has 122 valence electrons. The molecular weight excluding hydrogens is 295 g/mol. The number of allylic oxidation sites excluding steroid dienone is 4. The summed E-state index contributed by atoms with van der Waals surface area (Å²) in [5, 5.41) is 7.57. The number of nitrogens with one attached hydrogen (secondary N) is 1. The molecule has 0 amide bonds. The van der Waals surface area contributed by atoms with E-state index in [2.05, 4.69) is 34.5 Å². The van der Waals surface area contributed by atoms with E-state index in [0.29, 0.717) is 12.2 Å². The lowest BCUT2D eigenvalue weighted by atomic mass is 9.76. The summed E-state index contributed by atoms with van der Waals surface area (Å²) in [5.41, 5.74) is -0.191. The molecule has 3 heterocycles. The van der Waals surface area contributed by atoms with Gasteiger partial charge in [0.25, 0.3) is 0 Å². The molecule has 2 aliphatic heterocycles. The van der Waals surface area contributed by atoms with Crippen molar-refractivity contribution >= 4 is 5.78 Å². The average Bonchev–Trinajstić information content (AvgIpc) is 3.25. The van der Waals surface area contributed by atoms with Gasteiger partial charge in [-0.25, -0.2) is 14.1 Å². The Morgan fingerprint density at radius 2 is 2.35 bits per heavy atom. The topological polar surface area (TPSA) is 59.8 Å². The van der Waals surface area contributed by atoms with Crippen molar-refractivity contribution < 1.29 is 9.18 Å². The van der Waals surface area contributed by atoms with Crippen molar-refractivity contribution in [2.75, 3.05) is 6.54 Å². The molecule has 1 unspecified atom stereocenters. The van der Waals surface area contributed by atoms with Gasteiger partial charge in [0, 0.05) is 11.8 Å². The molecule has 1 N–H and O–H groups in total. The number of rotatable bonds is 3. The molecule has 1 saturated heterocycles. The van der Waals surface area contributed by atoms with Crippen LogP contribution in [0.15, 0.2) is 24.3 Å². The van der Waals surface area contributed by atoms with E-state index in [-0.39, 0.29) is 29.1 Å². The molecule has 4 atom stereocenters. The van der Waals surface area contributed by atoms with Crippen LogP contribution in [0.5, 0.6) is 0 Å². The van der Waals surface area contributed by atoms with Crippen LogP contribution in [0.4, 0.5) is 4.39 Å². The maximum absolute atomic E-state index is 14.5. The normalized spacial score (nSPS) is 35.7. The van der Waals surface area contributed by atoms with Gasteiger partial charge in [0.2, 0.25) is 11.6 Å². The highest BCUT2D eigenvalue weighted by atomic mass is 19.1. The van der Waals surface area contributed by atoms with E-state index in [1.807, 2.05) is 12.2 Å².